The molecule has 9 nitrogen and oxygen atoms in total. The number of rotatable bonds is 4. The first-order valence-electron chi connectivity index (χ1n) is 12.3. The average Bonchev–Trinajstić information content (AvgIpc) is 3.63. The molecule has 0 aliphatic carbocycles. The maximum atomic E-state index is 14.0. The first kappa shape index (κ1) is 23.1. The second kappa shape index (κ2) is 8.21. The number of halogens is 1. The van der Waals surface area contributed by atoms with Gasteiger partial charge in [0.25, 0.3) is 0 Å². The lowest BCUT2D eigenvalue weighted by Gasteiger charge is -2.29. The number of likely N-dealkylation sites (tertiary alicyclic amines) is 1. The summed E-state index contributed by atoms with van der Waals surface area (Å²) in [7, 11) is 0. The van der Waals surface area contributed by atoms with E-state index < -0.39 is 35.2 Å². The van der Waals surface area contributed by atoms with E-state index in [-0.39, 0.29) is 25.0 Å². The second-order valence-corrected chi connectivity index (χ2v) is 10.4. The fourth-order valence-corrected chi connectivity index (χ4v) is 6.51. The standard InChI is InChI=1S/C28H22ClN3O6/c29-18-3-1-2-17-24(18)30-27(36)28(17)23-22(19(31-28)10-14-4-7-16(33)8-5-14)25(34)32(26(23)35)12-15-6-9-20-21(11-15)38-13-37-20/h1-9,11,19,22-23,31,33H,10,12-13H2,(H,30,36)/t19-,22-,23+,28-/m1/s1. The van der Waals surface area contributed by atoms with Crippen molar-refractivity contribution < 1.29 is 29.0 Å². The summed E-state index contributed by atoms with van der Waals surface area (Å²) in [6.45, 7) is 0.169. The summed E-state index contributed by atoms with van der Waals surface area (Å²) in [5, 5.41) is 16.3. The van der Waals surface area contributed by atoms with E-state index in [0.717, 1.165) is 5.56 Å². The van der Waals surface area contributed by atoms with Crippen molar-refractivity contribution in [2.75, 3.05) is 12.1 Å². The number of nitrogens with zero attached hydrogens (tertiary/aromatic N) is 1. The molecule has 0 radical (unpaired) electrons. The smallest absolute Gasteiger partial charge is 0.250 e. The van der Waals surface area contributed by atoms with Gasteiger partial charge < -0.3 is 19.9 Å². The highest BCUT2D eigenvalue weighted by molar-refractivity contribution is 6.35. The van der Waals surface area contributed by atoms with E-state index in [1.54, 1.807) is 60.7 Å². The molecule has 4 atom stereocenters. The predicted molar refractivity (Wildman–Crippen MR) is 136 cm³/mol. The third-order valence-corrected chi connectivity index (χ3v) is 8.28. The van der Waals surface area contributed by atoms with Crippen molar-refractivity contribution in [2.24, 2.45) is 11.8 Å². The maximum Gasteiger partial charge on any atom is 0.250 e. The Kier molecular flexibility index (Phi) is 4.98. The molecule has 3 N–H and O–H groups in total. The summed E-state index contributed by atoms with van der Waals surface area (Å²) >= 11 is 6.42. The van der Waals surface area contributed by atoms with Gasteiger partial charge in [-0.1, -0.05) is 41.9 Å². The topological polar surface area (TPSA) is 117 Å². The van der Waals surface area contributed by atoms with Gasteiger partial charge in [0.1, 0.15) is 11.3 Å². The van der Waals surface area contributed by atoms with Gasteiger partial charge in [0.2, 0.25) is 24.5 Å². The van der Waals surface area contributed by atoms with Crippen molar-refractivity contribution in [3.8, 4) is 17.2 Å². The SMILES string of the molecule is O=C1[C@H]2[C@@H](C(=O)N1Cc1ccc3c(c1)OCO3)[C@@]1(N[C@@H]2Cc2ccc(O)cc2)C(=O)Nc2c(Cl)cccc21. The number of nitrogens with one attached hydrogen (secondary N) is 2. The second-order valence-electron chi connectivity index (χ2n) is 10.00. The molecule has 0 aromatic heterocycles. The van der Waals surface area contributed by atoms with Gasteiger partial charge in [0.05, 0.1) is 29.1 Å². The molecule has 2 fully saturated rings. The number of fused-ring (bicyclic) bond motifs is 5. The molecule has 0 unspecified atom stereocenters. The average molecular weight is 532 g/mol. The van der Waals surface area contributed by atoms with Crippen LogP contribution in [0.2, 0.25) is 5.02 Å². The lowest BCUT2D eigenvalue weighted by atomic mass is 9.76. The molecule has 3 aromatic rings. The van der Waals surface area contributed by atoms with Gasteiger partial charge in [-0.15, -0.1) is 0 Å². The first-order valence-corrected chi connectivity index (χ1v) is 12.6. The molecule has 3 aromatic carbocycles. The number of phenols is 1. The third-order valence-electron chi connectivity index (χ3n) is 7.96. The van der Waals surface area contributed by atoms with Crippen molar-refractivity contribution in [1.82, 2.24) is 10.2 Å². The van der Waals surface area contributed by atoms with Crippen molar-refractivity contribution in [1.29, 1.82) is 0 Å². The monoisotopic (exact) mass is 531 g/mol. The summed E-state index contributed by atoms with van der Waals surface area (Å²) in [6.07, 6.45) is 0.378. The van der Waals surface area contributed by atoms with Crippen LogP contribution >= 0.6 is 11.6 Å². The fraction of sp³-hybridized carbons (Fsp3) is 0.250. The van der Waals surface area contributed by atoms with Gasteiger partial charge >= 0.3 is 0 Å². The Morgan fingerprint density at radius 3 is 2.55 bits per heavy atom. The first-order chi connectivity index (χ1) is 18.4. The van der Waals surface area contributed by atoms with Crippen molar-refractivity contribution in [3.63, 3.8) is 0 Å². The van der Waals surface area contributed by atoms with E-state index >= 15 is 0 Å². The van der Waals surface area contributed by atoms with Crippen molar-refractivity contribution >= 4 is 35.0 Å². The summed E-state index contributed by atoms with van der Waals surface area (Å²) in [4.78, 5) is 42.9. The number of ether oxygens (including phenoxy) is 2. The van der Waals surface area contributed by atoms with Crippen molar-refractivity contribution in [2.45, 2.75) is 24.5 Å². The zero-order chi connectivity index (χ0) is 26.2. The highest BCUT2D eigenvalue weighted by Gasteiger charge is 2.70. The molecule has 38 heavy (non-hydrogen) atoms. The molecule has 4 aliphatic rings. The van der Waals surface area contributed by atoms with Crippen LogP contribution in [0.1, 0.15) is 16.7 Å². The summed E-state index contributed by atoms with van der Waals surface area (Å²) in [5.41, 5.74) is 1.14. The van der Waals surface area contributed by atoms with E-state index in [1.165, 1.54) is 4.90 Å². The minimum Gasteiger partial charge on any atom is -0.508 e. The molecule has 2 saturated heterocycles. The summed E-state index contributed by atoms with van der Waals surface area (Å²) in [5.74, 6) is -1.60. The lowest BCUT2D eigenvalue weighted by Crippen LogP contribution is -2.53. The Morgan fingerprint density at radius 1 is 0.974 bits per heavy atom. The van der Waals surface area contributed by atoms with Gasteiger partial charge in [-0.05, 0) is 47.9 Å². The molecular formula is C28H22ClN3O6. The number of carbonyl (C=O) groups is 3. The van der Waals surface area contributed by atoms with Crippen molar-refractivity contribution in [3.05, 3.63) is 82.4 Å². The van der Waals surface area contributed by atoms with E-state index in [1.807, 2.05) is 0 Å². The van der Waals surface area contributed by atoms with Gasteiger partial charge in [-0.25, -0.2) is 0 Å². The number of benzene rings is 3. The molecule has 7 rings (SSSR count). The number of imide groups is 1. The fourth-order valence-electron chi connectivity index (χ4n) is 6.29. The van der Waals surface area contributed by atoms with Crippen LogP contribution in [0.5, 0.6) is 17.2 Å². The van der Waals surface area contributed by atoms with E-state index in [0.29, 0.717) is 39.8 Å². The van der Waals surface area contributed by atoms with Crippen LogP contribution in [0.4, 0.5) is 5.69 Å². The van der Waals surface area contributed by atoms with Crippen LogP contribution in [-0.4, -0.2) is 40.6 Å². The quantitative estimate of drug-likeness (QED) is 0.443. The highest BCUT2D eigenvalue weighted by atomic mass is 35.5. The molecule has 192 valence electrons. The Balaban J connectivity index is 1.30. The molecule has 0 saturated carbocycles. The van der Waals surface area contributed by atoms with E-state index in [9.17, 15) is 19.5 Å². The highest BCUT2D eigenvalue weighted by Crippen LogP contribution is 2.54. The van der Waals surface area contributed by atoms with Gasteiger partial charge in [0.15, 0.2) is 11.5 Å². The van der Waals surface area contributed by atoms with Gasteiger partial charge in [-0.2, -0.15) is 0 Å². The summed E-state index contributed by atoms with van der Waals surface area (Å²) < 4.78 is 10.8. The predicted octanol–water partition coefficient (Wildman–Crippen LogP) is 2.94. The largest absolute Gasteiger partial charge is 0.508 e. The van der Waals surface area contributed by atoms with Crippen LogP contribution < -0.4 is 20.1 Å². The molecule has 4 aliphatic heterocycles. The number of anilines is 1. The number of para-hydroxylation sites is 1. The normalized spacial score (nSPS) is 26.7. The number of phenolic OH excluding ortho intramolecular Hbond substituents is 1. The molecule has 4 heterocycles. The molecule has 0 bridgehead atoms. The van der Waals surface area contributed by atoms with E-state index in [4.69, 9.17) is 21.1 Å². The zero-order valence-electron chi connectivity index (χ0n) is 19.9. The summed E-state index contributed by atoms with van der Waals surface area (Å²) in [6, 6.07) is 16.6. The van der Waals surface area contributed by atoms with Crippen LogP contribution in [0, 0.1) is 11.8 Å². The lowest BCUT2D eigenvalue weighted by molar-refractivity contribution is -0.143. The van der Waals surface area contributed by atoms with Gasteiger partial charge in [0, 0.05) is 11.6 Å². The maximum absolute atomic E-state index is 14.0. The number of amides is 3. The van der Waals surface area contributed by atoms with Crippen LogP contribution in [-0.2, 0) is 32.9 Å². The Bertz CT molecular complexity index is 1530. The number of hydrogen-bond donors (Lipinski definition) is 3. The van der Waals surface area contributed by atoms with E-state index in [2.05, 4.69) is 10.6 Å². The third kappa shape index (κ3) is 3.18. The zero-order valence-corrected chi connectivity index (χ0v) is 20.7. The van der Waals surface area contributed by atoms with Gasteiger partial charge in [-0.3, -0.25) is 24.6 Å². The van der Waals surface area contributed by atoms with Crippen LogP contribution in [0.25, 0.3) is 0 Å². The molecule has 10 heteroatoms. The Morgan fingerprint density at radius 2 is 1.74 bits per heavy atom. The van der Waals surface area contributed by atoms with Crippen LogP contribution in [0.15, 0.2) is 60.7 Å². The Hall–Kier alpha value is -4.08. The minimum absolute atomic E-state index is 0.0489. The van der Waals surface area contributed by atoms with Crippen LogP contribution in [0.3, 0.4) is 0 Å². The molecule has 1 spiro atoms. The number of hydrogen-bond acceptors (Lipinski definition) is 7. The Labute approximate surface area is 222 Å². The number of carbonyl (C=O) groups excluding carboxylic acids is 3. The minimum atomic E-state index is -1.44. The molecule has 3 amide bonds. The molecular weight excluding hydrogens is 510 g/mol. The number of aromatic hydroxyl groups is 1.